The van der Waals surface area contributed by atoms with Gasteiger partial charge in [0.05, 0.1) is 16.8 Å². The predicted molar refractivity (Wildman–Crippen MR) is 88.7 cm³/mol. The number of aromatic amines is 1. The number of aromatic hydroxyl groups is 2. The standard InChI is InChI=1S/C16H12N4O3S/c21-10-5-9(6-11(22)7-10)15-20-19-14(23-15)8-24-16-17-12-3-1-2-4-13(12)18-16/h1-7,21-22H,8H2,(H,17,18). The summed E-state index contributed by atoms with van der Waals surface area (Å²) in [5.41, 5.74) is 2.34. The Morgan fingerprint density at radius 3 is 2.62 bits per heavy atom. The molecule has 0 saturated heterocycles. The zero-order valence-corrected chi connectivity index (χ0v) is 13.1. The molecule has 0 atom stereocenters. The number of benzene rings is 2. The van der Waals surface area contributed by atoms with E-state index in [9.17, 15) is 10.2 Å². The van der Waals surface area contributed by atoms with Crippen molar-refractivity contribution in [2.24, 2.45) is 0 Å². The van der Waals surface area contributed by atoms with Crippen molar-refractivity contribution < 1.29 is 14.6 Å². The maximum absolute atomic E-state index is 9.52. The number of phenolic OH excluding ortho intramolecular Hbond substituents is 2. The molecule has 0 amide bonds. The molecule has 4 aromatic rings. The van der Waals surface area contributed by atoms with E-state index in [0.717, 1.165) is 16.2 Å². The van der Waals surface area contributed by atoms with E-state index >= 15 is 0 Å². The summed E-state index contributed by atoms with van der Waals surface area (Å²) in [5.74, 6) is 0.986. The number of H-pyrrole nitrogens is 1. The Balaban J connectivity index is 1.50. The van der Waals surface area contributed by atoms with Gasteiger partial charge in [0.15, 0.2) is 5.16 Å². The number of nitrogens with one attached hydrogen (secondary N) is 1. The molecule has 24 heavy (non-hydrogen) atoms. The average Bonchev–Trinajstić information content (AvgIpc) is 3.18. The first-order valence-corrected chi connectivity index (χ1v) is 8.09. The molecule has 0 fully saturated rings. The van der Waals surface area contributed by atoms with Crippen molar-refractivity contribution in [1.82, 2.24) is 20.2 Å². The highest BCUT2D eigenvalue weighted by Gasteiger charge is 2.12. The summed E-state index contributed by atoms with van der Waals surface area (Å²) in [6, 6.07) is 11.9. The fourth-order valence-corrected chi connectivity index (χ4v) is 3.00. The van der Waals surface area contributed by atoms with Crippen LogP contribution in [0.5, 0.6) is 11.5 Å². The van der Waals surface area contributed by atoms with Gasteiger partial charge in [0.2, 0.25) is 11.8 Å². The molecule has 2 aromatic carbocycles. The van der Waals surface area contributed by atoms with Gasteiger partial charge in [-0.05, 0) is 24.3 Å². The molecule has 0 aliphatic heterocycles. The number of para-hydroxylation sites is 2. The highest BCUT2D eigenvalue weighted by molar-refractivity contribution is 7.98. The third-order valence-corrected chi connectivity index (χ3v) is 4.17. The van der Waals surface area contributed by atoms with Crippen molar-refractivity contribution in [1.29, 1.82) is 0 Å². The van der Waals surface area contributed by atoms with E-state index in [-0.39, 0.29) is 17.4 Å². The third-order valence-electron chi connectivity index (χ3n) is 3.32. The lowest BCUT2D eigenvalue weighted by Gasteiger charge is -1.98. The van der Waals surface area contributed by atoms with Crippen molar-refractivity contribution in [3.8, 4) is 23.0 Å². The van der Waals surface area contributed by atoms with Crippen molar-refractivity contribution in [3.63, 3.8) is 0 Å². The minimum atomic E-state index is -0.0681. The number of nitrogens with zero attached hydrogens (tertiary/aromatic N) is 3. The Kier molecular flexibility index (Phi) is 3.58. The van der Waals surface area contributed by atoms with Gasteiger partial charge in [0.25, 0.3) is 0 Å². The first-order valence-electron chi connectivity index (χ1n) is 7.11. The molecule has 0 unspecified atom stereocenters. The number of rotatable bonds is 4. The Morgan fingerprint density at radius 2 is 1.83 bits per heavy atom. The SMILES string of the molecule is Oc1cc(O)cc(-c2nnc(CSc3nc4ccccc4[nH]3)o2)c1. The van der Waals surface area contributed by atoms with Crippen LogP contribution in [0.1, 0.15) is 5.89 Å². The van der Waals surface area contributed by atoms with Crippen molar-refractivity contribution in [2.75, 3.05) is 0 Å². The highest BCUT2D eigenvalue weighted by Crippen LogP contribution is 2.29. The molecular formula is C16H12N4O3S. The Hall–Kier alpha value is -3.00. The summed E-state index contributed by atoms with van der Waals surface area (Å²) in [4.78, 5) is 7.68. The molecule has 0 bridgehead atoms. The topological polar surface area (TPSA) is 108 Å². The Morgan fingerprint density at radius 1 is 1.04 bits per heavy atom. The van der Waals surface area contributed by atoms with Gasteiger partial charge in [0.1, 0.15) is 11.5 Å². The second kappa shape index (κ2) is 5.89. The van der Waals surface area contributed by atoms with E-state index in [1.165, 1.54) is 30.0 Å². The van der Waals surface area contributed by atoms with Crippen LogP contribution in [0.15, 0.2) is 52.0 Å². The molecule has 2 heterocycles. The fourth-order valence-electron chi connectivity index (χ4n) is 2.28. The molecule has 0 aliphatic rings. The van der Waals surface area contributed by atoms with Crippen molar-refractivity contribution in [3.05, 3.63) is 48.4 Å². The lowest BCUT2D eigenvalue weighted by molar-refractivity contribution is 0.450. The zero-order valence-electron chi connectivity index (χ0n) is 12.3. The van der Waals surface area contributed by atoms with E-state index in [2.05, 4.69) is 20.2 Å². The Bertz CT molecular complexity index is 958. The summed E-state index contributed by atoms with van der Waals surface area (Å²) in [6.45, 7) is 0. The van der Waals surface area contributed by atoms with Crippen LogP contribution in [0.4, 0.5) is 0 Å². The van der Waals surface area contributed by atoms with Gasteiger partial charge in [-0.25, -0.2) is 4.98 Å². The summed E-state index contributed by atoms with van der Waals surface area (Å²) < 4.78 is 5.57. The first kappa shape index (κ1) is 14.6. The molecule has 0 aliphatic carbocycles. The summed E-state index contributed by atoms with van der Waals surface area (Å²) in [6.07, 6.45) is 0. The van der Waals surface area contributed by atoms with Gasteiger partial charge in [-0.2, -0.15) is 0 Å². The molecular weight excluding hydrogens is 328 g/mol. The molecule has 0 radical (unpaired) electrons. The summed E-state index contributed by atoms with van der Waals surface area (Å²) in [7, 11) is 0. The van der Waals surface area contributed by atoms with Crippen LogP contribution in [-0.4, -0.2) is 30.4 Å². The van der Waals surface area contributed by atoms with Crippen LogP contribution < -0.4 is 0 Å². The van der Waals surface area contributed by atoms with Crippen LogP contribution in [0.2, 0.25) is 0 Å². The van der Waals surface area contributed by atoms with Gasteiger partial charge in [-0.3, -0.25) is 0 Å². The maximum Gasteiger partial charge on any atom is 0.248 e. The first-order chi connectivity index (χ1) is 11.7. The quantitative estimate of drug-likeness (QED) is 0.489. The lowest BCUT2D eigenvalue weighted by atomic mass is 10.2. The fraction of sp³-hybridized carbons (Fsp3) is 0.0625. The highest BCUT2D eigenvalue weighted by atomic mass is 32.2. The average molecular weight is 340 g/mol. The number of hydrogen-bond donors (Lipinski definition) is 3. The van der Waals surface area contributed by atoms with Crippen molar-refractivity contribution in [2.45, 2.75) is 10.9 Å². The van der Waals surface area contributed by atoms with Crippen LogP contribution in [-0.2, 0) is 5.75 Å². The minimum absolute atomic E-state index is 0.0681. The molecule has 2 aromatic heterocycles. The smallest absolute Gasteiger partial charge is 0.248 e. The van der Waals surface area contributed by atoms with Gasteiger partial charge in [-0.15, -0.1) is 10.2 Å². The van der Waals surface area contributed by atoms with E-state index in [4.69, 9.17) is 4.42 Å². The van der Waals surface area contributed by atoms with Gasteiger partial charge >= 0.3 is 0 Å². The monoisotopic (exact) mass is 340 g/mol. The molecule has 0 saturated carbocycles. The number of thioether (sulfide) groups is 1. The van der Waals surface area contributed by atoms with Crippen molar-refractivity contribution >= 4 is 22.8 Å². The predicted octanol–water partition coefficient (Wildman–Crippen LogP) is 3.32. The number of aromatic nitrogens is 4. The number of imidazole rings is 1. The summed E-state index contributed by atoms with van der Waals surface area (Å²) in [5, 5.41) is 27.7. The second-order valence-corrected chi connectivity index (χ2v) is 6.05. The molecule has 0 spiro atoms. The summed E-state index contributed by atoms with van der Waals surface area (Å²) >= 11 is 1.45. The normalized spacial score (nSPS) is 11.2. The second-order valence-electron chi connectivity index (χ2n) is 5.09. The third kappa shape index (κ3) is 2.91. The van der Waals surface area contributed by atoms with Crippen LogP contribution in [0, 0.1) is 0 Å². The lowest BCUT2D eigenvalue weighted by Crippen LogP contribution is -1.81. The number of fused-ring (bicyclic) bond motifs is 1. The number of phenols is 2. The van der Waals surface area contributed by atoms with E-state index in [1.54, 1.807) is 0 Å². The van der Waals surface area contributed by atoms with E-state index in [1.807, 2.05) is 24.3 Å². The van der Waals surface area contributed by atoms with Gasteiger partial charge < -0.3 is 19.6 Å². The molecule has 7 nitrogen and oxygen atoms in total. The van der Waals surface area contributed by atoms with Crippen LogP contribution >= 0.6 is 11.8 Å². The van der Waals surface area contributed by atoms with Gasteiger partial charge in [0, 0.05) is 11.6 Å². The maximum atomic E-state index is 9.52. The molecule has 120 valence electrons. The van der Waals surface area contributed by atoms with Crippen LogP contribution in [0.3, 0.4) is 0 Å². The molecule has 8 heteroatoms. The molecule has 3 N–H and O–H groups in total. The Labute approximate surface area is 140 Å². The van der Waals surface area contributed by atoms with Gasteiger partial charge in [-0.1, -0.05) is 23.9 Å². The van der Waals surface area contributed by atoms with E-state index in [0.29, 0.717) is 17.2 Å². The molecule has 4 rings (SSSR count). The largest absolute Gasteiger partial charge is 0.508 e. The minimum Gasteiger partial charge on any atom is -0.508 e. The zero-order chi connectivity index (χ0) is 16.5. The van der Waals surface area contributed by atoms with Crippen LogP contribution in [0.25, 0.3) is 22.5 Å². The van der Waals surface area contributed by atoms with E-state index < -0.39 is 0 Å². The number of hydrogen-bond acceptors (Lipinski definition) is 7.